The average molecular weight is 1730 g/mol. The van der Waals surface area contributed by atoms with Crippen molar-refractivity contribution in [3.63, 3.8) is 0 Å². The smallest absolute Gasteiger partial charge is 0.353 e. The number of carboxylic acid groups (broad SMARTS) is 4. The van der Waals surface area contributed by atoms with Crippen molar-refractivity contribution < 1.29 is 83.9 Å². The molecule has 19 aromatic rings. The van der Waals surface area contributed by atoms with Gasteiger partial charge in [-0.2, -0.15) is 0 Å². The standard InChI is InChI=1S/C24H16F2N2O4.C23H13ClF2N2O4.C23H14ClFN2O4.C23H17FN2O4/c1-12-11-32-22-15(12)5-7-18-20(22)19(16-3-2-8-27-23(16)29)21(24(30)31)28(18)10-13-9-14(25)4-6-17(13)26;24-15-10-32-21-13(15)4-6-17-19(21)18(14-2-1-7-27-22(14)29)20(23(30)31)28(17)9-11-8-12(25)3-5-16(11)26;24-15-11-31-21-13(15)7-8-17-19(21)18(14-5-3-9-26-22(14)28)20(23(29)30)27(17)10-12-4-1-2-6-16(12)25;24-16-6-2-1-4-14(16)12-26-17-8-7-13-9-11-30-21(13)19(17)18(20(26)23(28)29)15-5-3-10-25-22(15)27/h2-9,11H,10H2,1H3,(H,27,29)(H,30,31);1-8,10H,9H2,(H,27,29)(H,30,31);1-9,11H,10H2,(H,26,28)(H,29,30);1-8,10H,9,11-12H2,(H,25,27)(H,28,29). The van der Waals surface area contributed by atoms with Gasteiger partial charge in [0.2, 0.25) is 0 Å². The first-order chi connectivity index (χ1) is 60.3. The van der Waals surface area contributed by atoms with Gasteiger partial charge in [-0.1, -0.05) is 65.7 Å². The van der Waals surface area contributed by atoms with Crippen molar-refractivity contribution in [3.8, 4) is 50.3 Å². The molecule has 0 spiro atoms. The molecule has 1 aliphatic rings. The summed E-state index contributed by atoms with van der Waals surface area (Å²) in [6.07, 6.45) is 10.8. The van der Waals surface area contributed by atoms with E-state index in [-0.39, 0.29) is 110 Å². The fraction of sp³-hybridized carbons (Fsp3) is 0.0753. The minimum absolute atomic E-state index is 0.00827. The van der Waals surface area contributed by atoms with Gasteiger partial charge in [0.15, 0.2) is 0 Å². The van der Waals surface area contributed by atoms with Crippen LogP contribution in [0.1, 0.15) is 75.3 Å². The van der Waals surface area contributed by atoms with Gasteiger partial charge in [-0.25, -0.2) is 45.5 Å². The van der Waals surface area contributed by atoms with Gasteiger partial charge in [0, 0.05) is 91.9 Å². The molecule has 24 nitrogen and oxygen atoms in total. The van der Waals surface area contributed by atoms with Gasteiger partial charge in [0.1, 0.15) is 92.7 Å². The van der Waals surface area contributed by atoms with Gasteiger partial charge in [0.25, 0.3) is 22.2 Å². The fourth-order valence-electron chi connectivity index (χ4n) is 16.3. The van der Waals surface area contributed by atoms with Gasteiger partial charge in [-0.15, -0.1) is 0 Å². The average Bonchev–Trinajstić information content (AvgIpc) is 1.60. The van der Waals surface area contributed by atoms with Gasteiger partial charge in [-0.3, -0.25) is 19.2 Å². The Hall–Kier alpha value is -15.8. The lowest BCUT2D eigenvalue weighted by Crippen LogP contribution is -2.14. The zero-order valence-corrected chi connectivity index (χ0v) is 66.1. The number of hydrogen-bond donors (Lipinski definition) is 8. The summed E-state index contributed by atoms with van der Waals surface area (Å²) >= 11 is 12.4. The molecule has 1 aliphatic heterocycles. The van der Waals surface area contributed by atoms with E-state index in [1.165, 1.54) is 81.3 Å². The topological polar surface area (TPSA) is 349 Å². The number of aromatic carboxylic acids is 4. The lowest BCUT2D eigenvalue weighted by atomic mass is 10.0. The predicted octanol–water partition coefficient (Wildman–Crippen LogP) is 19.6. The molecule has 0 fully saturated rings. The number of furan rings is 3. The summed E-state index contributed by atoms with van der Waals surface area (Å²) in [5.41, 5.74) is 4.11. The molecule has 8 aromatic carbocycles. The summed E-state index contributed by atoms with van der Waals surface area (Å²) in [4.78, 5) is 110. The number of rotatable bonds is 16. The fourth-order valence-corrected chi connectivity index (χ4v) is 16.7. The van der Waals surface area contributed by atoms with Gasteiger partial charge in [-0.05, 0) is 158 Å². The number of ether oxygens (including phenoxy) is 1. The van der Waals surface area contributed by atoms with Crippen molar-refractivity contribution in [3.05, 3.63) is 368 Å². The van der Waals surface area contributed by atoms with E-state index >= 15 is 0 Å². The third-order valence-electron chi connectivity index (χ3n) is 21.7. The molecule has 12 heterocycles. The first-order valence-electron chi connectivity index (χ1n) is 38.0. The Kier molecular flexibility index (Phi) is 21.5. The number of H-pyrrole nitrogens is 4. The molecule has 624 valence electrons. The van der Waals surface area contributed by atoms with Gasteiger partial charge < -0.3 is 76.6 Å². The highest BCUT2D eigenvalue weighted by Gasteiger charge is 2.35. The van der Waals surface area contributed by atoms with Crippen LogP contribution in [0, 0.1) is 41.8 Å². The quantitative estimate of drug-likeness (QED) is 0.0417. The third kappa shape index (κ3) is 14.6. The Morgan fingerprint density at radius 1 is 0.376 bits per heavy atom. The predicted molar refractivity (Wildman–Crippen MR) is 455 cm³/mol. The summed E-state index contributed by atoms with van der Waals surface area (Å²) in [6, 6.07) is 44.8. The van der Waals surface area contributed by atoms with Crippen LogP contribution in [0.2, 0.25) is 10.0 Å². The third-order valence-corrected chi connectivity index (χ3v) is 22.3. The van der Waals surface area contributed by atoms with E-state index in [1.54, 1.807) is 114 Å². The molecule has 11 aromatic heterocycles. The lowest BCUT2D eigenvalue weighted by molar-refractivity contribution is 0.0676. The van der Waals surface area contributed by atoms with Crippen molar-refractivity contribution >= 4 is 124 Å². The Bertz CT molecular complexity index is 7720. The van der Waals surface area contributed by atoms with Crippen molar-refractivity contribution in [2.24, 2.45) is 0 Å². The molecular weight excluding hydrogens is 1670 g/mol. The zero-order valence-electron chi connectivity index (χ0n) is 64.6. The van der Waals surface area contributed by atoms with Crippen LogP contribution in [0.5, 0.6) is 5.75 Å². The van der Waals surface area contributed by atoms with Crippen molar-refractivity contribution in [1.29, 1.82) is 0 Å². The van der Waals surface area contributed by atoms with Gasteiger partial charge >= 0.3 is 23.9 Å². The minimum Gasteiger partial charge on any atom is -0.492 e. The van der Waals surface area contributed by atoms with Crippen molar-refractivity contribution in [2.75, 3.05) is 6.61 Å². The summed E-state index contributed by atoms with van der Waals surface area (Å²) < 4.78 is 114. The van der Waals surface area contributed by atoms with E-state index in [4.69, 9.17) is 41.2 Å². The minimum atomic E-state index is -1.35. The molecular formula is C93H60Cl2F6N8O16. The first-order valence-corrected chi connectivity index (χ1v) is 38.8. The van der Waals surface area contributed by atoms with Crippen molar-refractivity contribution in [1.82, 2.24) is 38.2 Å². The van der Waals surface area contributed by atoms with E-state index in [2.05, 4.69) is 19.9 Å². The SMILES string of the molecule is Cc1coc2c1ccc1c2c(-c2ccc[nH]c2=O)c(C(=O)O)n1Cc1cc(F)ccc1F.O=C(O)c1c(-c2ccc[nH]c2=O)c2c3c(ccc2n1Cc1ccccc1F)CCO3.O=C(O)c1c(-c2ccc[nH]c2=O)c2c3occ(Cl)c3ccc2n1Cc1cc(F)ccc1F.O=C(O)c1c(-c2ccc[nH]c2=O)c2c3occ(Cl)c3ccc2n1Cc1ccccc1F. The second-order valence-electron chi connectivity index (χ2n) is 28.9. The largest absolute Gasteiger partial charge is 0.492 e. The molecule has 0 atom stereocenters. The van der Waals surface area contributed by atoms with Crippen molar-refractivity contribution in [2.45, 2.75) is 39.5 Å². The van der Waals surface area contributed by atoms with E-state index in [9.17, 15) is 85.1 Å². The number of aromatic nitrogens is 8. The zero-order chi connectivity index (χ0) is 87.7. The molecule has 32 heteroatoms. The van der Waals surface area contributed by atoms with E-state index < -0.39 is 81.0 Å². The van der Waals surface area contributed by atoms with Gasteiger partial charge in [0.05, 0.1) is 115 Å². The van der Waals surface area contributed by atoms with E-state index in [0.29, 0.717) is 105 Å². The molecule has 0 aliphatic carbocycles. The Balaban J connectivity index is 0.000000118. The molecule has 0 bridgehead atoms. The van der Waals surface area contributed by atoms with Crippen LogP contribution in [-0.2, 0) is 32.6 Å². The van der Waals surface area contributed by atoms with Crippen LogP contribution in [0.25, 0.3) is 121 Å². The Labute approximate surface area is 706 Å². The number of nitrogens with zero attached hydrogens (tertiary/aromatic N) is 4. The maximum atomic E-state index is 14.4. The molecule has 0 saturated heterocycles. The number of carbonyl (C=O) groups is 4. The summed E-state index contributed by atoms with van der Waals surface area (Å²) in [5, 5.41) is 44.8. The highest BCUT2D eigenvalue weighted by atomic mass is 35.5. The summed E-state index contributed by atoms with van der Waals surface area (Å²) in [6.45, 7) is 1.76. The number of hydrogen-bond acceptors (Lipinski definition) is 12. The van der Waals surface area contributed by atoms with Crippen LogP contribution < -0.4 is 27.0 Å². The normalized spacial score (nSPS) is 11.8. The molecule has 0 unspecified atom stereocenters. The summed E-state index contributed by atoms with van der Waals surface area (Å²) in [5.74, 6) is -8.06. The van der Waals surface area contributed by atoms with E-state index in [0.717, 1.165) is 52.9 Å². The number of aryl methyl sites for hydroxylation is 1. The number of fused-ring (bicyclic) bond motifs is 12. The van der Waals surface area contributed by atoms with Crippen LogP contribution in [0.4, 0.5) is 26.3 Å². The summed E-state index contributed by atoms with van der Waals surface area (Å²) in [7, 11) is 0. The molecule has 0 saturated carbocycles. The van der Waals surface area contributed by atoms with Crippen LogP contribution in [0.3, 0.4) is 0 Å². The number of pyridine rings is 4. The number of halogens is 8. The number of aromatic amines is 4. The lowest BCUT2D eigenvalue weighted by Gasteiger charge is -2.10. The highest BCUT2D eigenvalue weighted by molar-refractivity contribution is 6.37. The number of carboxylic acids is 4. The molecule has 125 heavy (non-hydrogen) atoms. The molecule has 0 amide bonds. The maximum Gasteiger partial charge on any atom is 0.353 e. The second-order valence-corrected chi connectivity index (χ2v) is 29.7. The Morgan fingerprint density at radius 3 is 1.06 bits per heavy atom. The van der Waals surface area contributed by atoms with E-state index in [1.807, 2.05) is 19.1 Å². The van der Waals surface area contributed by atoms with Crippen LogP contribution in [0.15, 0.2) is 258 Å². The molecule has 20 rings (SSSR count). The molecule has 0 radical (unpaired) electrons. The number of benzene rings is 8. The molecule has 8 N–H and O–H groups in total. The maximum absolute atomic E-state index is 14.4. The number of nitrogens with one attached hydrogen (secondary N) is 4. The first kappa shape index (κ1) is 81.5. The van der Waals surface area contributed by atoms with Crippen LogP contribution >= 0.6 is 23.2 Å². The Morgan fingerprint density at radius 2 is 0.696 bits per heavy atom. The monoisotopic (exact) mass is 1730 g/mol. The second kappa shape index (κ2) is 33.0. The van der Waals surface area contributed by atoms with Crippen LogP contribution in [-0.4, -0.2) is 89.1 Å². The highest BCUT2D eigenvalue weighted by Crippen LogP contribution is 2.47.